The second-order valence-electron chi connectivity index (χ2n) is 6.65. The van der Waals surface area contributed by atoms with Gasteiger partial charge in [0.15, 0.2) is 5.17 Å². The van der Waals surface area contributed by atoms with E-state index in [9.17, 15) is 9.59 Å². The van der Waals surface area contributed by atoms with Crippen LogP contribution >= 0.6 is 26.0 Å². The summed E-state index contributed by atoms with van der Waals surface area (Å²) in [5.74, 6) is 0. The molecule has 9 heteroatoms. The number of nitrogens with two attached hydrogens (primary N) is 2. The van der Waals surface area contributed by atoms with Gasteiger partial charge in [-0.05, 0) is 57.5 Å². The number of rotatable bonds is 0. The van der Waals surface area contributed by atoms with Gasteiger partial charge in [0.05, 0.1) is 10.0 Å². The van der Waals surface area contributed by atoms with Gasteiger partial charge in [0.2, 0.25) is 0 Å². The second kappa shape index (κ2) is 5.77. The van der Waals surface area contributed by atoms with Crippen LogP contribution in [0.5, 0.6) is 0 Å². The van der Waals surface area contributed by atoms with Crippen molar-refractivity contribution in [1.82, 2.24) is 0 Å². The van der Waals surface area contributed by atoms with Crippen LogP contribution in [-0.2, 0) is 9.47 Å². The highest BCUT2D eigenvalue weighted by Crippen LogP contribution is 2.62. The Balaban J connectivity index is 3.39. The average molecular weight is 396 g/mol. The molecule has 0 saturated carbocycles. The highest BCUT2D eigenvalue weighted by atomic mass is 79.9. The van der Waals surface area contributed by atoms with E-state index in [0.717, 1.165) is 0 Å². The highest BCUT2D eigenvalue weighted by Gasteiger charge is 2.55. The zero-order valence-corrected chi connectivity index (χ0v) is 15.9. The standard InChI is InChI=1S/C13H22BrN3O4S/c1-12(2,3)20-10(18)22(11(19)21-13(4,5)6)8(15)7(14)17-9(22)16/h15H2,1-6H3,(H2,16,17). The minimum Gasteiger partial charge on any atom is -0.452 e. The van der Waals surface area contributed by atoms with E-state index in [0.29, 0.717) is 0 Å². The molecule has 0 radical (unpaired) electrons. The molecule has 1 aliphatic heterocycles. The maximum absolute atomic E-state index is 12.7. The molecule has 0 bridgehead atoms. The van der Waals surface area contributed by atoms with Crippen molar-refractivity contribution in [3.05, 3.63) is 9.64 Å². The molecular formula is C13H22BrN3O4S. The zero-order chi connectivity index (χ0) is 17.5. The summed E-state index contributed by atoms with van der Waals surface area (Å²) in [6.45, 7) is 10.1. The molecule has 0 spiro atoms. The summed E-state index contributed by atoms with van der Waals surface area (Å²) in [6.07, 6.45) is 0. The summed E-state index contributed by atoms with van der Waals surface area (Å²) in [6, 6.07) is 0. The first-order valence-corrected chi connectivity index (χ1v) is 8.93. The molecule has 22 heavy (non-hydrogen) atoms. The summed E-state index contributed by atoms with van der Waals surface area (Å²) in [7, 11) is -3.18. The van der Waals surface area contributed by atoms with Crippen LogP contribution in [0.2, 0.25) is 0 Å². The fourth-order valence-electron chi connectivity index (χ4n) is 1.50. The van der Waals surface area contributed by atoms with E-state index in [4.69, 9.17) is 20.9 Å². The monoisotopic (exact) mass is 395 g/mol. The Morgan fingerprint density at radius 3 is 1.59 bits per heavy atom. The molecule has 7 nitrogen and oxygen atoms in total. The van der Waals surface area contributed by atoms with Gasteiger partial charge in [0.25, 0.3) is 0 Å². The van der Waals surface area contributed by atoms with Crippen LogP contribution in [0.25, 0.3) is 0 Å². The van der Waals surface area contributed by atoms with Gasteiger partial charge < -0.3 is 20.9 Å². The highest BCUT2D eigenvalue weighted by molar-refractivity contribution is 9.12. The first kappa shape index (κ1) is 18.8. The van der Waals surface area contributed by atoms with Crippen molar-refractivity contribution in [3.63, 3.8) is 0 Å². The maximum Gasteiger partial charge on any atom is 0.372 e. The van der Waals surface area contributed by atoms with Gasteiger partial charge in [-0.3, -0.25) is 0 Å². The van der Waals surface area contributed by atoms with Crippen molar-refractivity contribution >= 4 is 41.7 Å². The fourth-order valence-corrected chi connectivity index (χ4v) is 4.88. The number of carbonyl (C=O) groups is 2. The van der Waals surface area contributed by atoms with E-state index in [1.165, 1.54) is 0 Å². The van der Waals surface area contributed by atoms with Gasteiger partial charge in [-0.1, -0.05) is 0 Å². The van der Waals surface area contributed by atoms with Crippen LogP contribution in [-0.4, -0.2) is 27.0 Å². The molecule has 0 aromatic heterocycles. The van der Waals surface area contributed by atoms with Crippen molar-refractivity contribution in [1.29, 1.82) is 0 Å². The molecule has 0 fully saturated rings. The van der Waals surface area contributed by atoms with Crippen molar-refractivity contribution in [2.45, 2.75) is 52.7 Å². The molecule has 0 saturated heterocycles. The smallest absolute Gasteiger partial charge is 0.372 e. The van der Waals surface area contributed by atoms with E-state index >= 15 is 0 Å². The van der Waals surface area contributed by atoms with Crippen LogP contribution in [0, 0.1) is 0 Å². The van der Waals surface area contributed by atoms with E-state index in [1.54, 1.807) is 41.5 Å². The molecule has 126 valence electrons. The van der Waals surface area contributed by atoms with Crippen molar-refractivity contribution in [3.8, 4) is 0 Å². The zero-order valence-electron chi connectivity index (χ0n) is 13.5. The van der Waals surface area contributed by atoms with Gasteiger partial charge in [-0.2, -0.15) is 0 Å². The number of ether oxygens (including phenoxy) is 2. The molecule has 1 aliphatic rings. The fraction of sp³-hybridized carbons (Fsp3) is 0.615. The molecule has 0 aromatic carbocycles. The number of aliphatic imine (C=N–C) groups is 1. The quantitative estimate of drug-likeness (QED) is 0.478. The number of halogens is 1. The predicted octanol–water partition coefficient (Wildman–Crippen LogP) is 3.47. The second-order valence-corrected chi connectivity index (χ2v) is 10.1. The number of nitrogens with zero attached hydrogens (tertiary/aromatic N) is 1. The van der Waals surface area contributed by atoms with E-state index in [-0.39, 0.29) is 14.8 Å². The van der Waals surface area contributed by atoms with E-state index in [2.05, 4.69) is 20.9 Å². The van der Waals surface area contributed by atoms with Gasteiger partial charge in [-0.25, -0.2) is 14.6 Å². The Kier molecular flexibility index (Phi) is 4.94. The minimum atomic E-state index is -3.18. The summed E-state index contributed by atoms with van der Waals surface area (Å²) >= 11 is 3.11. The van der Waals surface area contributed by atoms with Gasteiger partial charge >= 0.3 is 10.6 Å². The lowest BCUT2D eigenvalue weighted by Gasteiger charge is -2.35. The Bertz CT molecular complexity index is 545. The van der Waals surface area contributed by atoms with Crippen molar-refractivity contribution < 1.29 is 19.1 Å². The Labute approximate surface area is 139 Å². The van der Waals surface area contributed by atoms with Gasteiger partial charge in [0.1, 0.15) is 20.8 Å². The first-order valence-electron chi connectivity index (χ1n) is 6.50. The summed E-state index contributed by atoms with van der Waals surface area (Å²) in [5, 5.41) is -1.92. The summed E-state index contributed by atoms with van der Waals surface area (Å²) in [4.78, 5) is 29.3. The van der Waals surface area contributed by atoms with Gasteiger partial charge in [-0.15, -0.1) is 0 Å². The van der Waals surface area contributed by atoms with Crippen LogP contribution in [0.1, 0.15) is 41.5 Å². The lowest BCUT2D eigenvalue weighted by molar-refractivity contribution is 0.0686. The Hall–Kier alpha value is -1.22. The average Bonchev–Trinajstić information content (AvgIpc) is 2.45. The Morgan fingerprint density at radius 1 is 1.00 bits per heavy atom. The number of hydrogen-bond acceptors (Lipinski definition) is 7. The van der Waals surface area contributed by atoms with Crippen molar-refractivity contribution in [2.75, 3.05) is 0 Å². The Morgan fingerprint density at radius 2 is 1.36 bits per heavy atom. The summed E-state index contributed by atoms with van der Waals surface area (Å²) < 4.78 is 10.9. The predicted molar refractivity (Wildman–Crippen MR) is 91.8 cm³/mol. The first-order chi connectivity index (χ1) is 9.71. The molecule has 4 N–H and O–H groups in total. The molecule has 0 amide bonds. The molecule has 0 aliphatic carbocycles. The third kappa shape index (κ3) is 3.57. The van der Waals surface area contributed by atoms with Crippen molar-refractivity contribution in [2.24, 2.45) is 16.5 Å². The summed E-state index contributed by atoms with van der Waals surface area (Å²) in [5.41, 5.74) is 10.2. The number of amidine groups is 1. The maximum atomic E-state index is 12.7. The molecule has 1 heterocycles. The topological polar surface area (TPSA) is 117 Å². The third-order valence-electron chi connectivity index (χ3n) is 2.33. The van der Waals surface area contributed by atoms with Crippen LogP contribution < -0.4 is 11.5 Å². The third-order valence-corrected chi connectivity index (χ3v) is 5.94. The number of carbonyl (C=O) groups excluding carboxylic acids is 2. The number of hydrogen-bond donors (Lipinski definition) is 2. The molecule has 0 atom stereocenters. The molecule has 1 rings (SSSR count). The van der Waals surface area contributed by atoms with E-state index in [1.807, 2.05) is 0 Å². The minimum absolute atomic E-state index is 0.0616. The normalized spacial score (nSPS) is 19.5. The molecule has 0 aromatic rings. The van der Waals surface area contributed by atoms with E-state index < -0.39 is 31.8 Å². The SMILES string of the molecule is CC(C)(C)OC(=O)S1(C(=O)OC(C)(C)C)C(N)=NC(Br)=C1N. The lowest BCUT2D eigenvalue weighted by atomic mass is 10.2. The largest absolute Gasteiger partial charge is 0.452 e. The van der Waals surface area contributed by atoms with Crippen LogP contribution in [0.15, 0.2) is 14.6 Å². The van der Waals surface area contributed by atoms with Crippen LogP contribution in [0.4, 0.5) is 9.59 Å². The molecule has 0 unspecified atom stereocenters. The van der Waals surface area contributed by atoms with Crippen LogP contribution in [0.3, 0.4) is 0 Å². The molecular weight excluding hydrogens is 374 g/mol. The lowest BCUT2D eigenvalue weighted by Crippen LogP contribution is -2.40. The van der Waals surface area contributed by atoms with Gasteiger partial charge in [0, 0.05) is 0 Å².